The zero-order chi connectivity index (χ0) is 21.9. The molecular weight excluding hydrogens is 372 g/mol. The van der Waals surface area contributed by atoms with Gasteiger partial charge in [0.25, 0.3) is 5.56 Å². The number of anilines is 1. The fourth-order valence-corrected chi connectivity index (χ4v) is 4.04. The van der Waals surface area contributed by atoms with Gasteiger partial charge in [0.2, 0.25) is 5.91 Å². The molecule has 9 nitrogen and oxygen atoms in total. The summed E-state index contributed by atoms with van der Waals surface area (Å²) in [6, 6.07) is 1.94. The van der Waals surface area contributed by atoms with Gasteiger partial charge in [0.1, 0.15) is 11.9 Å². The van der Waals surface area contributed by atoms with Gasteiger partial charge in [-0.2, -0.15) is 5.26 Å². The second-order valence-electron chi connectivity index (χ2n) is 8.90. The molecule has 1 N–H and O–H groups in total. The summed E-state index contributed by atoms with van der Waals surface area (Å²) in [6.07, 6.45) is 1.21. The number of rotatable bonds is 6. The molecule has 0 aliphatic carbocycles. The van der Waals surface area contributed by atoms with Gasteiger partial charge in [-0.15, -0.1) is 0 Å². The van der Waals surface area contributed by atoms with Gasteiger partial charge in [-0.3, -0.25) is 18.7 Å². The molecule has 0 atom stereocenters. The van der Waals surface area contributed by atoms with Crippen molar-refractivity contribution in [2.24, 2.45) is 25.4 Å². The molecule has 1 aromatic heterocycles. The van der Waals surface area contributed by atoms with E-state index in [0.717, 1.165) is 11.1 Å². The number of hydrogen-bond acceptors (Lipinski definition) is 6. The fourth-order valence-electron chi connectivity index (χ4n) is 4.04. The van der Waals surface area contributed by atoms with Crippen molar-refractivity contribution in [1.82, 2.24) is 19.4 Å². The Balaban J connectivity index is 2.07. The number of piperidine rings is 1. The zero-order valence-electron chi connectivity index (χ0n) is 18.3. The maximum Gasteiger partial charge on any atom is 0.332 e. The van der Waals surface area contributed by atoms with E-state index in [1.165, 1.54) is 11.6 Å². The molecule has 1 aromatic rings. The molecule has 0 radical (unpaired) electrons. The Kier molecular flexibility index (Phi) is 6.90. The summed E-state index contributed by atoms with van der Waals surface area (Å²) in [6.45, 7) is 6.74. The van der Waals surface area contributed by atoms with Gasteiger partial charge in [0, 0.05) is 46.2 Å². The maximum absolute atomic E-state index is 12.6. The van der Waals surface area contributed by atoms with Crippen LogP contribution >= 0.6 is 0 Å². The molecular formula is C20H32N6O3. The smallest absolute Gasteiger partial charge is 0.332 e. The first-order chi connectivity index (χ1) is 13.5. The molecule has 1 aliphatic rings. The number of amides is 1. The minimum Gasteiger partial charge on any atom is -0.357 e. The lowest BCUT2D eigenvalue weighted by atomic mass is 9.91. The Morgan fingerprint density at radius 1 is 1.21 bits per heavy atom. The molecule has 9 heteroatoms. The van der Waals surface area contributed by atoms with Crippen LogP contribution in [0.3, 0.4) is 0 Å². The predicted molar refractivity (Wildman–Crippen MR) is 112 cm³/mol. The van der Waals surface area contributed by atoms with Gasteiger partial charge in [-0.05, 0) is 32.4 Å². The van der Waals surface area contributed by atoms with Crippen molar-refractivity contribution in [2.75, 3.05) is 45.2 Å². The molecule has 1 aliphatic heterocycles. The van der Waals surface area contributed by atoms with Crippen molar-refractivity contribution in [1.29, 1.82) is 5.26 Å². The SMILES string of the molecule is CN(C)CC(C)(C)CNC(=O)C1CCN(c2c(C#N)c(=O)n(C)c(=O)n2C)CC1. The third kappa shape index (κ3) is 5.07. The molecule has 1 fully saturated rings. The molecule has 0 unspecified atom stereocenters. The Hall–Kier alpha value is -2.60. The number of aromatic nitrogens is 2. The summed E-state index contributed by atoms with van der Waals surface area (Å²) in [5, 5.41) is 12.5. The van der Waals surface area contributed by atoms with Crippen LogP contribution in [-0.2, 0) is 18.9 Å². The fraction of sp³-hybridized carbons (Fsp3) is 0.700. The molecule has 0 saturated carbocycles. The quantitative estimate of drug-likeness (QED) is 0.709. The minimum atomic E-state index is -0.589. The monoisotopic (exact) mass is 404 g/mol. The average molecular weight is 405 g/mol. The average Bonchev–Trinajstić information content (AvgIpc) is 2.66. The van der Waals surface area contributed by atoms with Crippen molar-refractivity contribution < 1.29 is 4.79 Å². The third-order valence-electron chi connectivity index (χ3n) is 5.40. The van der Waals surface area contributed by atoms with E-state index in [-0.39, 0.29) is 22.8 Å². The van der Waals surface area contributed by atoms with Crippen LogP contribution in [0, 0.1) is 22.7 Å². The molecule has 0 spiro atoms. The van der Waals surface area contributed by atoms with Crippen molar-refractivity contribution in [3.63, 3.8) is 0 Å². The van der Waals surface area contributed by atoms with Crippen LogP contribution in [-0.4, -0.2) is 60.2 Å². The van der Waals surface area contributed by atoms with Gasteiger partial charge in [-0.1, -0.05) is 13.8 Å². The number of carbonyl (C=O) groups is 1. The Morgan fingerprint density at radius 2 is 1.79 bits per heavy atom. The zero-order valence-corrected chi connectivity index (χ0v) is 18.3. The number of nitrogens with one attached hydrogen (secondary N) is 1. The Labute approximate surface area is 171 Å². The molecule has 160 valence electrons. The van der Waals surface area contributed by atoms with Crippen LogP contribution in [0.2, 0.25) is 0 Å². The van der Waals surface area contributed by atoms with Gasteiger partial charge >= 0.3 is 5.69 Å². The summed E-state index contributed by atoms with van der Waals surface area (Å²) in [4.78, 5) is 41.1. The van der Waals surface area contributed by atoms with Gasteiger partial charge in [-0.25, -0.2) is 4.79 Å². The lowest BCUT2D eigenvalue weighted by Crippen LogP contribution is -2.47. The van der Waals surface area contributed by atoms with Crippen molar-refractivity contribution in [3.05, 3.63) is 26.4 Å². The van der Waals surface area contributed by atoms with Crippen LogP contribution in [0.1, 0.15) is 32.3 Å². The number of nitriles is 1. The largest absolute Gasteiger partial charge is 0.357 e. The van der Waals surface area contributed by atoms with Crippen LogP contribution in [0.25, 0.3) is 0 Å². The molecule has 2 heterocycles. The Morgan fingerprint density at radius 3 is 2.31 bits per heavy atom. The van der Waals surface area contributed by atoms with Crippen LogP contribution in [0.15, 0.2) is 9.59 Å². The first-order valence-electron chi connectivity index (χ1n) is 9.86. The lowest BCUT2D eigenvalue weighted by Gasteiger charge is -2.35. The van der Waals surface area contributed by atoms with Crippen LogP contribution < -0.4 is 21.5 Å². The van der Waals surface area contributed by atoms with E-state index >= 15 is 0 Å². The number of hydrogen-bond donors (Lipinski definition) is 1. The van der Waals surface area contributed by atoms with E-state index in [2.05, 4.69) is 24.1 Å². The highest BCUT2D eigenvalue weighted by molar-refractivity contribution is 5.79. The highest BCUT2D eigenvalue weighted by Gasteiger charge is 2.30. The molecule has 1 saturated heterocycles. The summed E-state index contributed by atoms with van der Waals surface area (Å²) in [7, 11) is 6.95. The van der Waals surface area contributed by atoms with Crippen molar-refractivity contribution in [3.8, 4) is 6.07 Å². The van der Waals surface area contributed by atoms with E-state index in [4.69, 9.17) is 0 Å². The van der Waals surface area contributed by atoms with E-state index < -0.39 is 11.2 Å². The third-order valence-corrected chi connectivity index (χ3v) is 5.40. The van der Waals surface area contributed by atoms with Crippen LogP contribution in [0.5, 0.6) is 0 Å². The summed E-state index contributed by atoms with van der Waals surface area (Å²) >= 11 is 0. The van der Waals surface area contributed by atoms with E-state index in [1.54, 1.807) is 7.05 Å². The van der Waals surface area contributed by atoms with E-state index in [0.29, 0.717) is 38.3 Å². The molecule has 1 amide bonds. The summed E-state index contributed by atoms with van der Waals surface area (Å²) < 4.78 is 2.28. The predicted octanol–water partition coefficient (Wildman–Crippen LogP) is -0.124. The van der Waals surface area contributed by atoms with Gasteiger partial charge in [0.15, 0.2) is 5.56 Å². The highest BCUT2D eigenvalue weighted by atomic mass is 16.2. The Bertz CT molecular complexity index is 914. The summed E-state index contributed by atoms with van der Waals surface area (Å²) in [5.74, 6) is 0.261. The first kappa shape index (κ1) is 22.7. The standard InChI is InChI=1S/C20H32N6O3/c1-20(2,13-23(3)4)12-22-16(27)14-7-9-26(10-8-14)17-15(11-21)18(28)25(6)19(29)24(17)5/h14H,7-10,12-13H2,1-6H3,(H,22,27). The summed E-state index contributed by atoms with van der Waals surface area (Å²) in [5.41, 5.74) is -1.12. The highest BCUT2D eigenvalue weighted by Crippen LogP contribution is 2.24. The molecule has 0 aromatic carbocycles. The lowest BCUT2D eigenvalue weighted by molar-refractivity contribution is -0.126. The molecule has 29 heavy (non-hydrogen) atoms. The maximum atomic E-state index is 12.6. The molecule has 2 rings (SSSR count). The molecule has 0 bridgehead atoms. The van der Waals surface area contributed by atoms with E-state index in [9.17, 15) is 19.6 Å². The van der Waals surface area contributed by atoms with Crippen molar-refractivity contribution >= 4 is 11.7 Å². The van der Waals surface area contributed by atoms with Crippen LogP contribution in [0.4, 0.5) is 5.82 Å². The first-order valence-corrected chi connectivity index (χ1v) is 9.86. The normalized spacial score (nSPS) is 15.4. The van der Waals surface area contributed by atoms with Crippen molar-refractivity contribution in [2.45, 2.75) is 26.7 Å². The van der Waals surface area contributed by atoms with Gasteiger partial charge in [0.05, 0.1) is 0 Å². The second kappa shape index (κ2) is 8.82. The topological polar surface area (TPSA) is 103 Å². The van der Waals surface area contributed by atoms with Gasteiger partial charge < -0.3 is 15.1 Å². The number of nitrogens with zero attached hydrogens (tertiary/aromatic N) is 5. The number of carbonyl (C=O) groups excluding carboxylic acids is 1. The second-order valence-corrected chi connectivity index (χ2v) is 8.90. The van der Waals surface area contributed by atoms with E-state index in [1.807, 2.05) is 25.1 Å². The minimum absolute atomic E-state index is 0.0239.